The predicted molar refractivity (Wildman–Crippen MR) is 94.3 cm³/mol. The molecule has 0 saturated carbocycles. The Hall–Kier alpha value is -2.42. The van der Waals surface area contributed by atoms with Gasteiger partial charge in [-0.25, -0.2) is 4.79 Å². The quantitative estimate of drug-likeness (QED) is 0.430. The van der Waals surface area contributed by atoms with E-state index in [1.54, 1.807) is 6.21 Å². The van der Waals surface area contributed by atoms with Gasteiger partial charge in [-0.15, -0.1) is 0 Å². The van der Waals surface area contributed by atoms with Gasteiger partial charge in [-0.3, -0.25) is 4.99 Å². The maximum atomic E-state index is 12.2. The topological polar surface area (TPSA) is 38.7 Å². The average molecular weight is 309 g/mol. The third-order valence-corrected chi connectivity index (χ3v) is 3.82. The minimum absolute atomic E-state index is 0.268. The van der Waals surface area contributed by atoms with Crippen LogP contribution in [-0.4, -0.2) is 25.3 Å². The lowest BCUT2D eigenvalue weighted by atomic mass is 9.94. The number of carbonyl (C=O) groups excluding carboxylic acids is 1. The highest BCUT2D eigenvalue weighted by Gasteiger charge is 2.15. The first-order valence-corrected chi connectivity index (χ1v) is 8.03. The summed E-state index contributed by atoms with van der Waals surface area (Å²) in [5, 5.41) is 0. The maximum Gasteiger partial charge on any atom is 0.338 e. The molecule has 1 atom stereocenters. The van der Waals surface area contributed by atoms with Gasteiger partial charge >= 0.3 is 5.97 Å². The first kappa shape index (κ1) is 16.9. The highest BCUT2D eigenvalue weighted by molar-refractivity contribution is 5.91. The summed E-state index contributed by atoms with van der Waals surface area (Å²) < 4.78 is 5.35. The second-order valence-corrected chi connectivity index (χ2v) is 5.48. The zero-order valence-corrected chi connectivity index (χ0v) is 13.7. The van der Waals surface area contributed by atoms with Crippen molar-refractivity contribution in [1.82, 2.24) is 0 Å². The van der Waals surface area contributed by atoms with Crippen LogP contribution in [0.15, 0.2) is 59.6 Å². The van der Waals surface area contributed by atoms with Gasteiger partial charge in [0.2, 0.25) is 0 Å². The Morgan fingerprint density at radius 1 is 1.13 bits per heavy atom. The van der Waals surface area contributed by atoms with Gasteiger partial charge in [0.25, 0.3) is 0 Å². The molecule has 2 aromatic rings. The molecular formula is C20H23NO2. The number of esters is 1. The van der Waals surface area contributed by atoms with Gasteiger partial charge in [0.15, 0.2) is 0 Å². The van der Waals surface area contributed by atoms with Gasteiger partial charge in [-0.2, -0.15) is 0 Å². The van der Waals surface area contributed by atoms with E-state index in [1.807, 2.05) is 54.6 Å². The van der Waals surface area contributed by atoms with Crippen LogP contribution in [0, 0.1) is 0 Å². The molecule has 0 spiro atoms. The molecule has 23 heavy (non-hydrogen) atoms. The zero-order chi connectivity index (χ0) is 16.5. The Balaban J connectivity index is 1.87. The minimum atomic E-state index is -0.268. The van der Waals surface area contributed by atoms with E-state index in [2.05, 4.69) is 18.8 Å². The van der Waals surface area contributed by atoms with E-state index < -0.39 is 0 Å². The first-order valence-electron chi connectivity index (χ1n) is 8.03. The zero-order valence-electron chi connectivity index (χ0n) is 13.7. The fourth-order valence-electron chi connectivity index (χ4n) is 2.31. The molecule has 2 aromatic carbocycles. The van der Waals surface area contributed by atoms with Crippen molar-refractivity contribution in [2.75, 3.05) is 13.2 Å². The molecule has 0 saturated heterocycles. The normalized spacial score (nSPS) is 12.3. The molecule has 0 aliphatic heterocycles. The van der Waals surface area contributed by atoms with E-state index in [1.165, 1.54) is 0 Å². The van der Waals surface area contributed by atoms with Gasteiger partial charge in [0.1, 0.15) is 6.61 Å². The number of aliphatic imine (C=N–C) groups is 1. The van der Waals surface area contributed by atoms with Gasteiger partial charge < -0.3 is 4.74 Å². The van der Waals surface area contributed by atoms with Crippen molar-refractivity contribution in [3.63, 3.8) is 0 Å². The fourth-order valence-corrected chi connectivity index (χ4v) is 2.31. The van der Waals surface area contributed by atoms with Crippen LogP contribution in [-0.2, 0) is 4.74 Å². The van der Waals surface area contributed by atoms with E-state index in [-0.39, 0.29) is 12.6 Å². The molecule has 1 unspecified atom stereocenters. The van der Waals surface area contributed by atoms with Gasteiger partial charge in [-0.05, 0) is 29.5 Å². The van der Waals surface area contributed by atoms with Crippen LogP contribution in [0.1, 0.15) is 47.7 Å². The molecule has 0 fully saturated rings. The fraction of sp³-hybridized carbons (Fsp3) is 0.300. The highest BCUT2D eigenvalue weighted by atomic mass is 16.5. The van der Waals surface area contributed by atoms with E-state index in [0.29, 0.717) is 18.0 Å². The number of hydrogen-bond acceptors (Lipinski definition) is 3. The van der Waals surface area contributed by atoms with Crippen LogP contribution in [0.2, 0.25) is 0 Å². The Bertz CT molecular complexity index is 650. The second kappa shape index (κ2) is 8.89. The highest BCUT2D eigenvalue weighted by Crippen LogP contribution is 2.23. The summed E-state index contributed by atoms with van der Waals surface area (Å²) in [6.45, 7) is 4.99. The second-order valence-electron chi connectivity index (χ2n) is 5.48. The van der Waals surface area contributed by atoms with Crippen LogP contribution in [0.4, 0.5) is 0 Å². The molecule has 120 valence electrons. The van der Waals surface area contributed by atoms with Gasteiger partial charge in [0, 0.05) is 6.21 Å². The van der Waals surface area contributed by atoms with E-state index in [4.69, 9.17) is 4.74 Å². The molecule has 0 aliphatic rings. The predicted octanol–water partition coefficient (Wildman–Crippen LogP) is 4.48. The molecule has 2 rings (SSSR count). The summed E-state index contributed by atoms with van der Waals surface area (Å²) in [6.07, 6.45) is 2.78. The third kappa shape index (κ3) is 5.06. The molecule has 0 aliphatic carbocycles. The molecule has 0 aromatic heterocycles. The van der Waals surface area contributed by atoms with Crippen LogP contribution in [0.5, 0.6) is 0 Å². The number of benzene rings is 2. The smallest absolute Gasteiger partial charge is 0.338 e. The van der Waals surface area contributed by atoms with Crippen molar-refractivity contribution in [2.24, 2.45) is 4.99 Å². The number of ether oxygens (including phenoxy) is 1. The Kier molecular flexibility index (Phi) is 6.55. The lowest BCUT2D eigenvalue weighted by Gasteiger charge is -2.13. The average Bonchev–Trinajstić information content (AvgIpc) is 2.61. The van der Waals surface area contributed by atoms with Gasteiger partial charge in [0.05, 0.1) is 12.1 Å². The molecule has 0 radical (unpaired) electrons. The van der Waals surface area contributed by atoms with Crippen molar-refractivity contribution in [3.05, 3.63) is 71.3 Å². The largest absolute Gasteiger partial charge is 0.460 e. The number of hydrogen-bond donors (Lipinski definition) is 0. The summed E-state index contributed by atoms with van der Waals surface area (Å²) in [5.74, 6) is 0.0747. The van der Waals surface area contributed by atoms with E-state index >= 15 is 0 Å². The number of carbonyl (C=O) groups is 1. The Morgan fingerprint density at radius 3 is 2.57 bits per heavy atom. The summed E-state index contributed by atoms with van der Waals surface area (Å²) in [5.41, 5.74) is 2.75. The lowest BCUT2D eigenvalue weighted by molar-refractivity contribution is 0.0515. The summed E-state index contributed by atoms with van der Waals surface area (Å²) >= 11 is 0. The number of nitrogens with zero attached hydrogens (tertiary/aromatic N) is 1. The Labute approximate surface area is 138 Å². The maximum absolute atomic E-state index is 12.2. The summed E-state index contributed by atoms with van der Waals surface area (Å²) in [4.78, 5) is 16.5. The van der Waals surface area contributed by atoms with Crippen LogP contribution in [0.25, 0.3) is 0 Å². The van der Waals surface area contributed by atoms with Crippen molar-refractivity contribution in [3.8, 4) is 0 Å². The first-order chi connectivity index (χ1) is 11.2. The molecular weight excluding hydrogens is 286 g/mol. The Morgan fingerprint density at radius 2 is 1.83 bits per heavy atom. The van der Waals surface area contributed by atoms with Gasteiger partial charge in [-0.1, -0.05) is 62.4 Å². The number of rotatable bonds is 7. The molecule has 0 amide bonds. The van der Waals surface area contributed by atoms with E-state index in [0.717, 1.165) is 17.5 Å². The van der Waals surface area contributed by atoms with Crippen molar-refractivity contribution < 1.29 is 9.53 Å². The summed E-state index contributed by atoms with van der Waals surface area (Å²) in [7, 11) is 0. The molecule has 0 heterocycles. The molecule has 0 bridgehead atoms. The minimum Gasteiger partial charge on any atom is -0.460 e. The van der Waals surface area contributed by atoms with E-state index in [9.17, 15) is 4.79 Å². The third-order valence-electron chi connectivity index (χ3n) is 3.82. The lowest BCUT2D eigenvalue weighted by Crippen LogP contribution is -2.12. The van der Waals surface area contributed by atoms with Crippen LogP contribution in [0.3, 0.4) is 0 Å². The molecule has 0 N–H and O–H groups in total. The molecule has 3 heteroatoms. The SMILES string of the molecule is CCC(C)c1ccccc1C(=O)OCCN=Cc1ccccc1. The van der Waals surface area contributed by atoms with Crippen LogP contribution < -0.4 is 0 Å². The van der Waals surface area contributed by atoms with Crippen LogP contribution >= 0.6 is 0 Å². The standard InChI is InChI=1S/C20H23NO2/c1-3-16(2)18-11-7-8-12-19(18)20(22)23-14-13-21-15-17-9-5-4-6-10-17/h4-12,15-16H,3,13-14H2,1-2H3. The summed E-state index contributed by atoms with van der Waals surface area (Å²) in [6, 6.07) is 17.5. The van der Waals surface area contributed by atoms with Crippen molar-refractivity contribution >= 4 is 12.2 Å². The van der Waals surface area contributed by atoms with Crippen molar-refractivity contribution in [2.45, 2.75) is 26.2 Å². The molecule has 3 nitrogen and oxygen atoms in total. The van der Waals surface area contributed by atoms with Crippen molar-refractivity contribution in [1.29, 1.82) is 0 Å². The monoisotopic (exact) mass is 309 g/mol.